The minimum atomic E-state index is 0.593. The third-order valence-electron chi connectivity index (χ3n) is 0.496. The quantitative estimate of drug-likeness (QED) is 0.392. The van der Waals surface area contributed by atoms with Gasteiger partial charge in [-0.05, 0) is 0 Å². The lowest BCUT2D eigenvalue weighted by Crippen LogP contribution is -2.19. The molecule has 6 heavy (non-hydrogen) atoms. The molecule has 0 fully saturated rings. The van der Waals surface area contributed by atoms with Crippen LogP contribution in [0.1, 0.15) is 0 Å². The Balaban J connectivity index is 2.63. The molecule has 0 aliphatic rings. The molecule has 0 amide bonds. The van der Waals surface area contributed by atoms with Crippen molar-refractivity contribution in [2.45, 2.75) is 13.6 Å². The summed E-state index contributed by atoms with van der Waals surface area (Å²) in [6, 6.07) is 0. The van der Waals surface area contributed by atoms with E-state index in [0.29, 0.717) is 6.60 Å². The van der Waals surface area contributed by atoms with Crippen LogP contribution in [0.15, 0.2) is 0 Å². The Bertz CT molecular complexity index is 26.7. The van der Waals surface area contributed by atoms with Gasteiger partial charge in [0.1, 0.15) is 0 Å². The van der Waals surface area contributed by atoms with Crippen LogP contribution in [0.2, 0.25) is 13.6 Å². The Kier molecular flexibility index (Phi) is 3.60. The first kappa shape index (κ1) is 6.26. The Hall–Kier alpha value is 0.260. The predicted molar refractivity (Wildman–Crippen MR) is 34.7 cm³/mol. The van der Waals surface area contributed by atoms with Crippen LogP contribution in [-0.4, -0.2) is 28.5 Å². The van der Waals surface area contributed by atoms with E-state index >= 15 is 0 Å². The lowest BCUT2D eigenvalue weighted by atomic mass is 9.05. The van der Waals surface area contributed by atoms with Gasteiger partial charge in [-0.25, -0.2) is 0 Å². The molecule has 0 aromatic carbocycles. The Morgan fingerprint density at radius 3 is 2.00 bits per heavy atom. The van der Waals surface area contributed by atoms with Crippen molar-refractivity contribution in [3.8, 4) is 0 Å². The molecule has 0 heterocycles. The molecule has 0 spiro atoms. The van der Waals surface area contributed by atoms with E-state index in [9.17, 15) is 0 Å². The maximum Gasteiger partial charge on any atom is 0.0835 e. The van der Waals surface area contributed by atoms with Gasteiger partial charge in [0.2, 0.25) is 0 Å². The zero-order chi connectivity index (χ0) is 4.99. The van der Waals surface area contributed by atoms with Gasteiger partial charge in [0.05, 0.1) is 6.60 Å². The molecule has 0 atom stereocenters. The average Bonchev–Trinajstić information content (AvgIpc) is 1.35. The molecule has 0 aliphatic carbocycles. The first-order valence-corrected chi connectivity index (χ1v) is 2.15. The fourth-order valence-corrected chi connectivity index (χ4v) is 0.222. The highest BCUT2D eigenvalue weighted by Crippen LogP contribution is 1.68. The van der Waals surface area contributed by atoms with Gasteiger partial charge < -0.3 is 0 Å². The highest BCUT2D eigenvalue weighted by atomic mass is 13.1. The van der Waals surface area contributed by atoms with E-state index in [1.54, 1.807) is 7.06 Å². The minimum absolute atomic E-state index is 0.593. The zero-order valence-electron chi connectivity index (χ0n) is 4.31. The second kappa shape index (κ2) is 3.45. The number of rotatable bonds is 2. The topological polar surface area (TPSA) is 0 Å². The van der Waals surface area contributed by atoms with Crippen LogP contribution in [0.3, 0.4) is 0 Å². The molecule has 0 N–H and O–H groups in total. The van der Waals surface area contributed by atoms with Crippen LogP contribution < -0.4 is 0 Å². The van der Waals surface area contributed by atoms with Gasteiger partial charge in [-0.1, -0.05) is 13.6 Å². The van der Waals surface area contributed by atoms with Gasteiger partial charge in [-0.3, -0.25) is 0 Å². The van der Waals surface area contributed by atoms with Crippen molar-refractivity contribution in [3.05, 3.63) is 0 Å². The van der Waals surface area contributed by atoms with Crippen LogP contribution in [0, 0.1) is 0 Å². The van der Waals surface area contributed by atoms with Crippen molar-refractivity contribution < 1.29 is 0 Å². The van der Waals surface area contributed by atoms with Gasteiger partial charge in [0.15, 0.2) is 0 Å². The van der Waals surface area contributed by atoms with Crippen LogP contribution in [-0.2, 0) is 0 Å². The number of hydrogen-bond donors (Lipinski definition) is 0. The van der Waals surface area contributed by atoms with E-state index in [1.807, 2.05) is 7.06 Å². The molecule has 0 rings (SSSR count). The smallest absolute Gasteiger partial charge is 0.0835 e. The second-order valence-electron chi connectivity index (χ2n) is 1.63. The molecular weight excluding hydrogens is 67.3 g/mol. The monoisotopic (exact) mass is 74.1 g/mol. The van der Waals surface area contributed by atoms with Crippen LogP contribution in [0.5, 0.6) is 0 Å². The third-order valence-corrected chi connectivity index (χ3v) is 0.496. The normalized spacial score (nSPS) is 7.00. The molecule has 0 saturated carbocycles. The van der Waals surface area contributed by atoms with Crippen molar-refractivity contribution in [3.63, 3.8) is 0 Å². The van der Waals surface area contributed by atoms with Gasteiger partial charge in [-0.15, -0.1) is 0 Å². The minimum Gasteiger partial charge on any atom is -0.0937 e. The van der Waals surface area contributed by atoms with Crippen molar-refractivity contribution in [1.29, 1.82) is 0 Å². The molecule has 0 aromatic heterocycles. The second-order valence-corrected chi connectivity index (χ2v) is 1.63. The molecule has 0 aliphatic heterocycles. The molecule has 4 radical (unpaired) electrons. The molecule has 0 aromatic rings. The van der Waals surface area contributed by atoms with E-state index in [4.69, 9.17) is 7.74 Å². The maximum atomic E-state index is 5.05. The zero-order valence-corrected chi connectivity index (χ0v) is 4.31. The largest absolute Gasteiger partial charge is 0.0937 e. The summed E-state index contributed by atoms with van der Waals surface area (Å²) < 4.78 is 0. The maximum absolute atomic E-state index is 5.05. The van der Waals surface area contributed by atoms with Crippen LogP contribution >= 0.6 is 0 Å². The summed E-state index contributed by atoms with van der Waals surface area (Å²) in [5, 5.41) is 0. The fourth-order valence-electron chi connectivity index (χ4n) is 0.222. The van der Waals surface area contributed by atoms with Crippen molar-refractivity contribution in [2.24, 2.45) is 0 Å². The summed E-state index contributed by atoms with van der Waals surface area (Å²) in [7, 11) is 8.57. The Labute approximate surface area is 43.0 Å². The van der Waals surface area contributed by atoms with Crippen molar-refractivity contribution in [1.82, 2.24) is 0 Å². The van der Waals surface area contributed by atoms with E-state index in [-0.39, 0.29) is 0 Å². The van der Waals surface area contributed by atoms with Gasteiger partial charge in [0, 0.05) is 21.9 Å². The third kappa shape index (κ3) is 4.26. The summed E-state index contributed by atoms with van der Waals surface area (Å²) in [6.07, 6.45) is 0. The van der Waals surface area contributed by atoms with E-state index in [0.717, 1.165) is 0 Å². The molecule has 0 bridgehead atoms. The average molecular weight is 73.3 g/mol. The first-order valence-electron chi connectivity index (χ1n) is 2.15. The van der Waals surface area contributed by atoms with Gasteiger partial charge in [0.25, 0.3) is 0 Å². The van der Waals surface area contributed by atoms with E-state index < -0.39 is 0 Å². The summed E-state index contributed by atoms with van der Waals surface area (Å²) in [5.41, 5.74) is 0. The molecule has 26 valence electrons. The standard InChI is InChI=1S/C2H6B4/c1-6(2)5-4-3/h1-2H3. The summed E-state index contributed by atoms with van der Waals surface area (Å²) in [5.74, 6) is 0. The molecular formula is C2H6B4. The Morgan fingerprint density at radius 1 is 1.50 bits per heavy atom. The highest BCUT2D eigenvalue weighted by Gasteiger charge is 1.92. The lowest BCUT2D eigenvalue weighted by Gasteiger charge is -1.89. The number of hydrogen-bond acceptors (Lipinski definition) is 0. The summed E-state index contributed by atoms with van der Waals surface area (Å²) >= 11 is 0. The molecule has 0 saturated heterocycles. The van der Waals surface area contributed by atoms with Crippen molar-refractivity contribution >= 4 is 28.5 Å². The summed E-state index contributed by atoms with van der Waals surface area (Å²) in [6.45, 7) is 4.77. The summed E-state index contributed by atoms with van der Waals surface area (Å²) in [4.78, 5) is 0. The van der Waals surface area contributed by atoms with Gasteiger partial charge >= 0.3 is 0 Å². The van der Waals surface area contributed by atoms with Crippen LogP contribution in [0.25, 0.3) is 0 Å². The highest BCUT2D eigenvalue weighted by molar-refractivity contribution is 7.45. The fraction of sp³-hybridized carbons (Fsp3) is 1.00. The lowest BCUT2D eigenvalue weighted by molar-refractivity contribution is 2.10. The molecule has 0 unspecified atom stereocenters. The van der Waals surface area contributed by atoms with E-state index in [1.165, 1.54) is 0 Å². The molecule has 4 heteroatoms. The van der Waals surface area contributed by atoms with Gasteiger partial charge in [-0.2, -0.15) is 0 Å². The van der Waals surface area contributed by atoms with Crippen LogP contribution in [0.4, 0.5) is 0 Å². The SMILES string of the molecule is [B][B][B]B(C)C. The first-order chi connectivity index (χ1) is 2.77. The molecule has 0 nitrogen and oxygen atoms in total. The van der Waals surface area contributed by atoms with E-state index in [2.05, 4.69) is 13.6 Å². The predicted octanol–water partition coefficient (Wildman–Crippen LogP) is -0.356. The Morgan fingerprint density at radius 2 is 2.00 bits per heavy atom. The van der Waals surface area contributed by atoms with Crippen molar-refractivity contribution in [2.75, 3.05) is 0 Å².